The second kappa shape index (κ2) is 6.87. The van der Waals surface area contributed by atoms with E-state index in [1.165, 1.54) is 38.0 Å². The number of piperidine rings is 1. The van der Waals surface area contributed by atoms with Crippen LogP contribution in [0.2, 0.25) is 0 Å². The third-order valence-electron chi connectivity index (χ3n) is 4.17. The maximum Gasteiger partial charge on any atom is 0.131 e. The Hall–Kier alpha value is -1.13. The lowest BCUT2D eigenvalue weighted by atomic mass is 10.0. The summed E-state index contributed by atoms with van der Waals surface area (Å²) in [5.41, 5.74) is 6.96. The van der Waals surface area contributed by atoms with Crippen LogP contribution in [0.4, 0.5) is 5.82 Å². The van der Waals surface area contributed by atoms with Gasteiger partial charge >= 0.3 is 0 Å². The van der Waals surface area contributed by atoms with Crippen molar-refractivity contribution in [3.8, 4) is 0 Å². The van der Waals surface area contributed by atoms with E-state index in [1.54, 1.807) is 0 Å². The number of anilines is 1. The van der Waals surface area contributed by atoms with Gasteiger partial charge in [-0.2, -0.15) is 0 Å². The summed E-state index contributed by atoms with van der Waals surface area (Å²) >= 11 is 0. The van der Waals surface area contributed by atoms with Crippen molar-refractivity contribution in [3.63, 3.8) is 0 Å². The lowest BCUT2D eigenvalue weighted by molar-refractivity contribution is 0.220. The first-order chi connectivity index (χ1) is 9.26. The van der Waals surface area contributed by atoms with Crippen LogP contribution in [0.15, 0.2) is 18.3 Å². The van der Waals surface area contributed by atoms with Crippen LogP contribution in [0, 0.1) is 0 Å². The topological polar surface area (TPSA) is 45.4 Å². The molecule has 0 aromatic carbocycles. The zero-order chi connectivity index (χ0) is 13.7. The van der Waals surface area contributed by atoms with Gasteiger partial charge in [0.1, 0.15) is 5.82 Å². The predicted molar refractivity (Wildman–Crippen MR) is 80.5 cm³/mol. The monoisotopic (exact) mass is 262 g/mol. The molecule has 4 heteroatoms. The highest BCUT2D eigenvalue weighted by molar-refractivity contribution is 5.47. The number of aromatic nitrogens is 1. The Morgan fingerprint density at radius 3 is 2.79 bits per heavy atom. The number of hydrogen-bond donors (Lipinski definition) is 1. The molecule has 1 saturated heterocycles. The van der Waals surface area contributed by atoms with Crippen molar-refractivity contribution in [2.75, 3.05) is 38.1 Å². The van der Waals surface area contributed by atoms with Crippen LogP contribution in [0.3, 0.4) is 0 Å². The lowest BCUT2D eigenvalue weighted by Crippen LogP contribution is -2.43. The molecule has 1 aliphatic heterocycles. The summed E-state index contributed by atoms with van der Waals surface area (Å²) in [6.45, 7) is 6.48. The van der Waals surface area contributed by atoms with Gasteiger partial charge in [-0.3, -0.25) is 0 Å². The summed E-state index contributed by atoms with van der Waals surface area (Å²) in [5, 5.41) is 0. The van der Waals surface area contributed by atoms with Crippen molar-refractivity contribution >= 4 is 5.82 Å². The van der Waals surface area contributed by atoms with E-state index in [2.05, 4.69) is 34.8 Å². The minimum atomic E-state index is 0.606. The Morgan fingerprint density at radius 2 is 2.16 bits per heavy atom. The van der Waals surface area contributed by atoms with Crippen LogP contribution in [0.5, 0.6) is 0 Å². The highest BCUT2D eigenvalue weighted by atomic mass is 15.2. The fraction of sp³-hybridized carbons (Fsp3) is 0.667. The average Bonchev–Trinajstić information content (AvgIpc) is 2.47. The SMILES string of the molecule is CCN1CCC(N(C)c2ncccc2CCN)CC1. The largest absolute Gasteiger partial charge is 0.356 e. The minimum absolute atomic E-state index is 0.606. The zero-order valence-electron chi connectivity index (χ0n) is 12.2. The second-order valence-electron chi connectivity index (χ2n) is 5.30. The van der Waals surface area contributed by atoms with E-state index in [-0.39, 0.29) is 0 Å². The molecule has 19 heavy (non-hydrogen) atoms. The van der Waals surface area contributed by atoms with Crippen LogP contribution >= 0.6 is 0 Å². The third-order valence-corrected chi connectivity index (χ3v) is 4.17. The molecule has 0 bridgehead atoms. The average molecular weight is 262 g/mol. The number of nitrogens with zero attached hydrogens (tertiary/aromatic N) is 3. The first kappa shape index (κ1) is 14.3. The summed E-state index contributed by atoms with van der Waals surface area (Å²) in [7, 11) is 2.18. The van der Waals surface area contributed by atoms with Gasteiger partial charge in [-0.15, -0.1) is 0 Å². The summed E-state index contributed by atoms with van der Waals surface area (Å²) in [5.74, 6) is 1.11. The smallest absolute Gasteiger partial charge is 0.131 e. The van der Waals surface area contributed by atoms with Crippen LogP contribution < -0.4 is 10.6 Å². The number of pyridine rings is 1. The minimum Gasteiger partial charge on any atom is -0.356 e. The number of nitrogens with two attached hydrogens (primary N) is 1. The molecule has 0 unspecified atom stereocenters. The van der Waals surface area contributed by atoms with Crippen molar-refractivity contribution in [1.82, 2.24) is 9.88 Å². The van der Waals surface area contributed by atoms with Crippen molar-refractivity contribution < 1.29 is 0 Å². The molecule has 2 N–H and O–H groups in total. The normalized spacial score (nSPS) is 17.6. The van der Waals surface area contributed by atoms with Gasteiger partial charge in [-0.05, 0) is 44.0 Å². The standard InChI is InChI=1S/C15H26N4/c1-3-19-11-7-14(8-12-19)18(2)15-13(6-9-16)5-4-10-17-15/h4-5,10,14H,3,6-9,11-12,16H2,1-2H3. The first-order valence-electron chi connectivity index (χ1n) is 7.35. The Kier molecular flexibility index (Phi) is 5.16. The molecule has 1 aliphatic rings. The molecule has 1 aromatic heterocycles. The molecule has 2 heterocycles. The van der Waals surface area contributed by atoms with Crippen molar-refractivity contribution in [3.05, 3.63) is 23.9 Å². The molecular formula is C15H26N4. The molecule has 0 radical (unpaired) electrons. The van der Waals surface area contributed by atoms with Crippen molar-refractivity contribution in [2.45, 2.75) is 32.2 Å². The van der Waals surface area contributed by atoms with Crippen LogP contribution in [0.25, 0.3) is 0 Å². The third kappa shape index (κ3) is 3.45. The first-order valence-corrected chi connectivity index (χ1v) is 7.35. The summed E-state index contributed by atoms with van der Waals surface area (Å²) in [6, 6.07) is 4.75. The van der Waals surface area contributed by atoms with E-state index in [4.69, 9.17) is 5.73 Å². The van der Waals surface area contributed by atoms with Crippen LogP contribution in [0.1, 0.15) is 25.3 Å². The Bertz CT molecular complexity index is 385. The van der Waals surface area contributed by atoms with Crippen molar-refractivity contribution in [1.29, 1.82) is 0 Å². The van der Waals surface area contributed by atoms with Gasteiger partial charge in [0.25, 0.3) is 0 Å². The molecule has 0 aliphatic carbocycles. The highest BCUT2D eigenvalue weighted by Crippen LogP contribution is 2.23. The summed E-state index contributed by atoms with van der Waals surface area (Å²) in [6.07, 6.45) is 5.24. The van der Waals surface area contributed by atoms with Gasteiger partial charge in [-0.1, -0.05) is 13.0 Å². The van der Waals surface area contributed by atoms with Gasteiger partial charge in [0, 0.05) is 32.4 Å². The molecule has 1 fully saturated rings. The predicted octanol–water partition coefficient (Wildman–Crippen LogP) is 1.50. The quantitative estimate of drug-likeness (QED) is 0.873. The molecule has 0 amide bonds. The molecule has 0 atom stereocenters. The maximum atomic E-state index is 5.69. The molecule has 106 valence electrons. The van der Waals surface area contributed by atoms with E-state index < -0.39 is 0 Å². The summed E-state index contributed by atoms with van der Waals surface area (Å²) in [4.78, 5) is 9.44. The fourth-order valence-electron chi connectivity index (χ4n) is 2.89. The molecule has 1 aromatic rings. The van der Waals surface area contributed by atoms with E-state index >= 15 is 0 Å². The lowest BCUT2D eigenvalue weighted by Gasteiger charge is -2.37. The molecule has 2 rings (SSSR count). The number of likely N-dealkylation sites (tertiary alicyclic amines) is 1. The molecule has 0 spiro atoms. The van der Waals surface area contributed by atoms with E-state index in [9.17, 15) is 0 Å². The zero-order valence-corrected chi connectivity index (χ0v) is 12.2. The van der Waals surface area contributed by atoms with Crippen molar-refractivity contribution in [2.24, 2.45) is 5.73 Å². The molecule has 4 nitrogen and oxygen atoms in total. The Morgan fingerprint density at radius 1 is 1.42 bits per heavy atom. The highest BCUT2D eigenvalue weighted by Gasteiger charge is 2.23. The van der Waals surface area contributed by atoms with Crippen LogP contribution in [-0.4, -0.2) is 49.2 Å². The maximum absolute atomic E-state index is 5.69. The van der Waals surface area contributed by atoms with Gasteiger partial charge in [-0.25, -0.2) is 4.98 Å². The van der Waals surface area contributed by atoms with Gasteiger partial charge in [0.15, 0.2) is 0 Å². The van der Waals surface area contributed by atoms with Gasteiger partial charge < -0.3 is 15.5 Å². The Balaban J connectivity index is 2.05. The fourth-order valence-corrected chi connectivity index (χ4v) is 2.89. The second-order valence-corrected chi connectivity index (χ2v) is 5.30. The summed E-state index contributed by atoms with van der Waals surface area (Å²) < 4.78 is 0. The van der Waals surface area contributed by atoms with E-state index in [0.29, 0.717) is 12.6 Å². The van der Waals surface area contributed by atoms with Gasteiger partial charge in [0.05, 0.1) is 0 Å². The number of hydrogen-bond acceptors (Lipinski definition) is 4. The van der Waals surface area contributed by atoms with Gasteiger partial charge in [0.2, 0.25) is 0 Å². The molecule has 0 saturated carbocycles. The van der Waals surface area contributed by atoms with E-state index in [0.717, 1.165) is 12.2 Å². The Labute approximate surface area is 116 Å². The van der Waals surface area contributed by atoms with E-state index in [1.807, 2.05) is 12.3 Å². The van der Waals surface area contributed by atoms with Crippen LogP contribution in [-0.2, 0) is 6.42 Å². The molecular weight excluding hydrogens is 236 g/mol. The number of rotatable bonds is 5.